The third-order valence-corrected chi connectivity index (χ3v) is 10.8. The summed E-state index contributed by atoms with van der Waals surface area (Å²) in [5, 5.41) is 6.37. The fourth-order valence-electron chi connectivity index (χ4n) is 6.10. The van der Waals surface area contributed by atoms with E-state index in [9.17, 15) is 41.9 Å². The topological polar surface area (TPSA) is 177 Å². The van der Waals surface area contributed by atoms with Crippen molar-refractivity contribution < 1.29 is 46.7 Å². The molecule has 1 saturated heterocycles. The van der Waals surface area contributed by atoms with Crippen LogP contribution in [0.4, 0.5) is 18.0 Å². The molecule has 5 amide bonds. The summed E-state index contributed by atoms with van der Waals surface area (Å²) in [7, 11) is 0. The lowest BCUT2D eigenvalue weighted by atomic mass is 9.85. The van der Waals surface area contributed by atoms with Crippen LogP contribution < -0.4 is 21.7 Å². The Morgan fingerprint density at radius 2 is 1.56 bits per heavy atom. The first-order chi connectivity index (χ1) is 21.8. The predicted octanol–water partition coefficient (Wildman–Crippen LogP) is 3.12. The summed E-state index contributed by atoms with van der Waals surface area (Å²) in [5.41, 5.74) is 1.25. The van der Waals surface area contributed by atoms with Gasteiger partial charge in [-0.05, 0) is 60.5 Å². The van der Waals surface area contributed by atoms with Crippen molar-refractivity contribution >= 4 is 47.3 Å². The van der Waals surface area contributed by atoms with Gasteiger partial charge in [-0.1, -0.05) is 61.3 Å². The second kappa shape index (κ2) is 14.1. The molecule has 0 aromatic heterocycles. The highest BCUT2D eigenvalue weighted by Crippen LogP contribution is 2.65. The van der Waals surface area contributed by atoms with Gasteiger partial charge in [0.2, 0.25) is 17.4 Å². The van der Waals surface area contributed by atoms with Crippen LogP contribution in [0.15, 0.2) is 0 Å². The number of alkyl halides is 3. The van der Waals surface area contributed by atoms with Gasteiger partial charge < -0.3 is 31.3 Å². The number of primary amides is 1. The van der Waals surface area contributed by atoms with Gasteiger partial charge in [-0.15, -0.1) is 11.8 Å². The largest absolute Gasteiger partial charge is 0.448 e. The van der Waals surface area contributed by atoms with E-state index in [1.165, 1.54) is 18.7 Å². The molecule has 0 aromatic rings. The van der Waals surface area contributed by atoms with Crippen molar-refractivity contribution in [3.8, 4) is 0 Å². The summed E-state index contributed by atoms with van der Waals surface area (Å²) in [5.74, 6) is -4.53. The van der Waals surface area contributed by atoms with E-state index in [0.717, 1.165) is 31.0 Å². The van der Waals surface area contributed by atoms with Crippen LogP contribution in [-0.4, -0.2) is 88.0 Å². The second-order valence-electron chi connectivity index (χ2n) is 15.7. The highest BCUT2D eigenvalue weighted by molar-refractivity contribution is 8.00. The lowest BCUT2D eigenvalue weighted by molar-refractivity contribution is -0.258. The Morgan fingerprint density at radius 1 is 0.979 bits per heavy atom. The average molecular weight is 706 g/mol. The van der Waals surface area contributed by atoms with E-state index in [0.29, 0.717) is 25.5 Å². The summed E-state index contributed by atoms with van der Waals surface area (Å²) in [4.78, 5) is 79.9. The maximum Gasteiger partial charge on any atom is 0.427 e. The van der Waals surface area contributed by atoms with Gasteiger partial charge in [0.25, 0.3) is 11.7 Å². The van der Waals surface area contributed by atoms with Crippen molar-refractivity contribution in [1.82, 2.24) is 20.9 Å². The highest BCUT2D eigenvalue weighted by Gasteiger charge is 2.70. The number of nitrogens with two attached hydrogens (primary N) is 1. The van der Waals surface area contributed by atoms with E-state index in [4.69, 9.17) is 10.5 Å². The van der Waals surface area contributed by atoms with Crippen molar-refractivity contribution in [2.45, 2.75) is 117 Å². The molecular formula is C32H50F3N5O7S. The molecule has 2 aliphatic carbocycles. The van der Waals surface area contributed by atoms with Crippen LogP contribution >= 0.6 is 11.8 Å². The second-order valence-corrected chi connectivity index (χ2v) is 16.9. The van der Waals surface area contributed by atoms with Crippen molar-refractivity contribution in [3.05, 3.63) is 0 Å². The molecule has 16 heteroatoms. The van der Waals surface area contributed by atoms with Gasteiger partial charge in [0.15, 0.2) is 0 Å². The lowest BCUT2D eigenvalue weighted by Gasteiger charge is -2.38. The number of Topliss-reactive ketones (excluding diaryl/α,β-unsaturated/α-hetero) is 1. The number of likely N-dealkylation sites (tertiary alicyclic amines) is 1. The highest BCUT2D eigenvalue weighted by atomic mass is 32.2. The van der Waals surface area contributed by atoms with Gasteiger partial charge in [0.05, 0.1) is 0 Å². The fraction of sp³-hybridized carbons (Fsp3) is 0.812. The molecule has 0 spiro atoms. The number of ether oxygens (including phenoxy) is 1. The molecule has 3 rings (SSSR count). The summed E-state index contributed by atoms with van der Waals surface area (Å²) in [6.45, 7) is 13.6. The number of fused-ring (bicyclic) bond motifs is 1. The van der Waals surface area contributed by atoms with E-state index in [1.807, 2.05) is 13.8 Å². The zero-order valence-electron chi connectivity index (χ0n) is 29.1. The number of urea groups is 1. The quantitative estimate of drug-likeness (QED) is 0.121. The summed E-state index contributed by atoms with van der Waals surface area (Å²) < 4.78 is 44.8. The van der Waals surface area contributed by atoms with Gasteiger partial charge in [-0.25, -0.2) is 9.59 Å². The number of hydrogen-bond acceptors (Lipinski definition) is 8. The number of esters is 1. The van der Waals surface area contributed by atoms with E-state index >= 15 is 0 Å². The molecule has 48 heavy (non-hydrogen) atoms. The van der Waals surface area contributed by atoms with E-state index in [-0.39, 0.29) is 23.8 Å². The Balaban J connectivity index is 1.80. The molecule has 0 aromatic carbocycles. The van der Waals surface area contributed by atoms with Crippen LogP contribution in [0.25, 0.3) is 0 Å². The molecule has 1 heterocycles. The molecule has 0 bridgehead atoms. The van der Waals surface area contributed by atoms with E-state index in [1.54, 1.807) is 20.8 Å². The van der Waals surface area contributed by atoms with Gasteiger partial charge in [-0.3, -0.25) is 19.2 Å². The zero-order chi connectivity index (χ0) is 36.7. The van der Waals surface area contributed by atoms with E-state index in [2.05, 4.69) is 16.0 Å². The Hall–Kier alpha value is -3.04. The Bertz CT molecular complexity index is 1300. The SMILES string of the molecule is CC(C)[C@H](NC(=O)N[C@H](C(=O)N1C[C@H]2[C@@H]([C@H]1C(=O)NC(SCCC1CC1)C(=O)C(N)=O)C2(C)C)C(C)(C)C)C(=O)OC(C)(C)C(F)(F)F. The van der Waals surface area contributed by atoms with Gasteiger partial charge >= 0.3 is 18.2 Å². The number of carbonyl (C=O) groups excluding carboxylic acids is 6. The first kappa shape index (κ1) is 39.4. The van der Waals surface area contributed by atoms with Crippen LogP contribution in [0, 0.1) is 34.5 Å². The monoisotopic (exact) mass is 705 g/mol. The molecule has 5 N–H and O–H groups in total. The lowest BCUT2D eigenvalue weighted by Crippen LogP contribution is -2.62. The standard InChI is InChI=1S/C32H50F3N5O7S/c1-15(2)19(27(45)47-31(8,9)32(33,34)35)37-28(46)38-22(29(3,4)5)26(44)40-14-17-18(30(17,6)7)20(40)24(43)39-25(21(41)23(36)42)48-13-12-16-10-11-16/h15-20,22,25H,10-14H2,1-9H3,(H2,36,42)(H,39,43)(H2,37,38,46)/t17-,18-,19-,20-,22+,25?/m0/s1. The molecule has 3 aliphatic rings. The number of ketones is 1. The van der Waals surface area contributed by atoms with Crippen LogP contribution in [-0.2, 0) is 28.7 Å². The fourth-order valence-corrected chi connectivity index (χ4v) is 7.27. The van der Waals surface area contributed by atoms with Gasteiger partial charge in [0.1, 0.15) is 23.5 Å². The molecule has 1 unspecified atom stereocenters. The number of nitrogens with one attached hydrogen (secondary N) is 3. The first-order valence-electron chi connectivity index (χ1n) is 16.2. The maximum atomic E-state index is 14.2. The van der Waals surface area contributed by atoms with E-state index < -0.39 is 82.1 Å². The third kappa shape index (κ3) is 8.94. The maximum absolute atomic E-state index is 14.2. The van der Waals surface area contributed by atoms with Crippen LogP contribution in [0.1, 0.15) is 81.6 Å². The number of rotatable bonds is 14. The number of hydrogen-bond donors (Lipinski definition) is 4. The molecule has 1 aliphatic heterocycles. The minimum atomic E-state index is -4.85. The Kier molecular flexibility index (Phi) is 11.5. The number of nitrogens with zero attached hydrogens (tertiary/aromatic N) is 1. The Labute approximate surface area is 283 Å². The van der Waals surface area contributed by atoms with Crippen molar-refractivity contribution in [2.24, 2.45) is 40.2 Å². The normalized spacial score (nSPS) is 23.8. The van der Waals surface area contributed by atoms with Crippen LogP contribution in [0.2, 0.25) is 0 Å². The minimum Gasteiger partial charge on any atom is -0.448 e. The number of piperidine rings is 1. The number of thioether (sulfide) groups is 1. The summed E-state index contributed by atoms with van der Waals surface area (Å²) in [6, 6.07) is -4.71. The average Bonchev–Trinajstić information content (AvgIpc) is 3.79. The predicted molar refractivity (Wildman–Crippen MR) is 172 cm³/mol. The molecule has 3 fully saturated rings. The van der Waals surface area contributed by atoms with Crippen molar-refractivity contribution in [2.75, 3.05) is 12.3 Å². The van der Waals surface area contributed by atoms with Gasteiger partial charge in [-0.2, -0.15) is 13.2 Å². The summed E-state index contributed by atoms with van der Waals surface area (Å²) >= 11 is 1.12. The van der Waals surface area contributed by atoms with Crippen molar-refractivity contribution in [3.63, 3.8) is 0 Å². The minimum absolute atomic E-state index is 0.0449. The summed E-state index contributed by atoms with van der Waals surface area (Å²) in [6.07, 6.45) is -1.84. The molecule has 0 radical (unpaired) electrons. The molecule has 6 atom stereocenters. The first-order valence-corrected chi connectivity index (χ1v) is 17.3. The molecule has 2 saturated carbocycles. The molecular weight excluding hydrogens is 655 g/mol. The molecule has 272 valence electrons. The van der Waals surface area contributed by atoms with Gasteiger partial charge in [0, 0.05) is 6.54 Å². The smallest absolute Gasteiger partial charge is 0.427 e. The van der Waals surface area contributed by atoms with Crippen molar-refractivity contribution in [1.29, 1.82) is 0 Å². The molecule has 12 nitrogen and oxygen atoms in total. The third-order valence-electron chi connectivity index (χ3n) is 9.66. The zero-order valence-corrected chi connectivity index (χ0v) is 29.9. The number of halogens is 3. The number of amides is 5. The Morgan fingerprint density at radius 3 is 2.04 bits per heavy atom. The van der Waals surface area contributed by atoms with Crippen LogP contribution in [0.5, 0.6) is 0 Å². The van der Waals surface area contributed by atoms with Crippen LogP contribution in [0.3, 0.4) is 0 Å². The number of carbonyl (C=O) groups is 6.